The summed E-state index contributed by atoms with van der Waals surface area (Å²) < 4.78 is 24.5. The summed E-state index contributed by atoms with van der Waals surface area (Å²) in [5, 5.41) is 31.8. The molecular weight excluding hydrogens is 673 g/mol. The van der Waals surface area contributed by atoms with Gasteiger partial charge in [-0.3, -0.25) is 23.7 Å². The molecule has 2 aromatic carbocycles. The lowest BCUT2D eigenvalue weighted by Gasteiger charge is -2.20. The number of carbonyl (C=O) groups is 3. The first-order chi connectivity index (χ1) is 24.7. The lowest BCUT2D eigenvalue weighted by Crippen LogP contribution is -2.40. The third-order valence-electron chi connectivity index (χ3n) is 9.02. The molecule has 0 bridgehead atoms. The molecule has 0 radical (unpaired) electrons. The van der Waals surface area contributed by atoms with Crippen LogP contribution in [0.4, 0.5) is 4.39 Å². The van der Waals surface area contributed by atoms with E-state index in [-0.39, 0.29) is 46.8 Å². The number of carbonyl (C=O) groups excluding carboxylic acids is 3. The predicted octanol–water partition coefficient (Wildman–Crippen LogP) is 1.46. The van der Waals surface area contributed by atoms with Crippen LogP contribution in [0.25, 0.3) is 22.1 Å². The Morgan fingerprint density at radius 1 is 0.769 bits per heavy atom. The molecule has 2 unspecified atom stereocenters. The highest BCUT2D eigenvalue weighted by atomic mass is 19.1. The molecule has 0 aliphatic heterocycles. The zero-order valence-corrected chi connectivity index (χ0v) is 29.6. The van der Waals surface area contributed by atoms with E-state index in [9.17, 15) is 24.6 Å². The number of rotatable bonds is 10. The summed E-state index contributed by atoms with van der Waals surface area (Å²) in [5.74, 6) is -2.48. The lowest BCUT2D eigenvalue weighted by molar-refractivity contribution is -0.000214. The van der Waals surface area contributed by atoms with Gasteiger partial charge in [-0.05, 0) is 70.2 Å². The van der Waals surface area contributed by atoms with Crippen molar-refractivity contribution in [1.29, 1.82) is 0 Å². The number of benzene rings is 2. The van der Waals surface area contributed by atoms with Crippen LogP contribution < -0.4 is 17.0 Å². The molecule has 16 nitrogen and oxygen atoms in total. The molecule has 6 rings (SSSR count). The summed E-state index contributed by atoms with van der Waals surface area (Å²) in [6.07, 6.45) is -3.05. The summed E-state index contributed by atoms with van der Waals surface area (Å²) in [4.78, 5) is 47.8. The molecule has 0 saturated heterocycles. The number of imidazole rings is 2. The molecule has 3 amide bonds. The molecule has 4 aromatic heterocycles. The van der Waals surface area contributed by atoms with E-state index in [1.54, 1.807) is 67.4 Å². The van der Waals surface area contributed by atoms with E-state index in [4.69, 9.17) is 5.73 Å². The second-order valence-electron chi connectivity index (χ2n) is 12.6. The smallest absolute Gasteiger partial charge is 0.298 e. The minimum absolute atomic E-state index is 0.0405. The van der Waals surface area contributed by atoms with E-state index in [1.165, 1.54) is 36.7 Å². The Labute approximate surface area is 296 Å². The quantitative estimate of drug-likeness (QED) is 0.191. The number of halogens is 1. The molecule has 0 spiro atoms. The van der Waals surface area contributed by atoms with Gasteiger partial charge in [0.2, 0.25) is 17.1 Å². The molecular formula is C35H40FN11O5. The molecule has 6 aromatic rings. The van der Waals surface area contributed by atoms with E-state index in [0.717, 1.165) is 0 Å². The molecule has 4 heterocycles. The van der Waals surface area contributed by atoms with E-state index < -0.39 is 35.7 Å². The fourth-order valence-corrected chi connectivity index (χ4v) is 6.46. The number of fused-ring (bicyclic) bond motifs is 2. The van der Waals surface area contributed by atoms with Crippen molar-refractivity contribution >= 4 is 39.8 Å². The van der Waals surface area contributed by atoms with Gasteiger partial charge in [0.15, 0.2) is 0 Å². The molecule has 17 heteroatoms. The first-order valence-electron chi connectivity index (χ1n) is 16.7. The number of aliphatic hydroxyl groups excluding tert-OH is 2. The average molecular weight is 714 g/mol. The van der Waals surface area contributed by atoms with Gasteiger partial charge in [-0.25, -0.2) is 4.39 Å². The number of nitrogens with zero attached hydrogens (tertiary/aromatic N) is 10. The fourth-order valence-electron chi connectivity index (χ4n) is 6.46. The zero-order chi connectivity index (χ0) is 37.6. The number of hydrogen-bond donors (Lipinski definition) is 3. The summed E-state index contributed by atoms with van der Waals surface area (Å²) in [7, 11) is 3.27. The Morgan fingerprint density at radius 3 is 1.83 bits per heavy atom. The molecule has 0 aliphatic rings. The first-order valence-corrected chi connectivity index (χ1v) is 16.7. The van der Waals surface area contributed by atoms with Crippen molar-refractivity contribution in [3.63, 3.8) is 0 Å². The van der Waals surface area contributed by atoms with Crippen molar-refractivity contribution < 1.29 is 29.0 Å². The second-order valence-corrected chi connectivity index (χ2v) is 12.6. The highest BCUT2D eigenvalue weighted by Crippen LogP contribution is 2.20. The van der Waals surface area contributed by atoms with Crippen LogP contribution in [-0.2, 0) is 40.3 Å². The summed E-state index contributed by atoms with van der Waals surface area (Å²) >= 11 is 0. The van der Waals surface area contributed by atoms with Crippen LogP contribution in [0.5, 0.6) is 0 Å². The topological polar surface area (TPSA) is 198 Å². The predicted molar refractivity (Wildman–Crippen MR) is 187 cm³/mol. The van der Waals surface area contributed by atoms with Crippen LogP contribution in [-0.4, -0.2) is 78.0 Å². The van der Waals surface area contributed by atoms with E-state index in [0.29, 0.717) is 41.0 Å². The normalized spacial score (nSPS) is 13.8. The van der Waals surface area contributed by atoms with Gasteiger partial charge in [0, 0.05) is 32.7 Å². The zero-order valence-electron chi connectivity index (χ0n) is 29.6. The van der Waals surface area contributed by atoms with Crippen LogP contribution in [0.3, 0.4) is 0 Å². The van der Waals surface area contributed by atoms with Crippen molar-refractivity contribution in [3.05, 3.63) is 93.9 Å². The number of aryl methyl sites for hydroxylation is 6. The monoisotopic (exact) mass is 713 g/mol. The van der Waals surface area contributed by atoms with E-state index in [1.807, 2.05) is 13.8 Å². The van der Waals surface area contributed by atoms with Gasteiger partial charge in [0.25, 0.3) is 11.8 Å². The van der Waals surface area contributed by atoms with E-state index in [2.05, 4.69) is 20.2 Å². The third kappa shape index (κ3) is 6.39. The Balaban J connectivity index is 1.43. The molecule has 52 heavy (non-hydrogen) atoms. The maximum atomic E-state index is 15.4. The molecule has 0 saturated carbocycles. The van der Waals surface area contributed by atoms with Crippen LogP contribution in [0.2, 0.25) is 0 Å². The Kier molecular flexibility index (Phi) is 9.65. The standard InChI is InChI=1S/C35H40FN11O5/c1-7-46-26(14-19(3)40-46)32(51)38-34-43(6)25-16-21(31(37)50)12-13-23(25)44(34)17-28(48)29(49)18-45-30-22(36)10-9-11-24(30)42(5)35(45)39-33(52)27-15-20(4)41-47(27)8-2/h9-16,28-29,48-49H,7-8,17-18H2,1-6H3,(H2,37,50)/b38-34+,39-35+. The summed E-state index contributed by atoms with van der Waals surface area (Å²) in [6.45, 7) is 7.42. The van der Waals surface area contributed by atoms with Gasteiger partial charge in [-0.1, -0.05) is 6.07 Å². The summed E-state index contributed by atoms with van der Waals surface area (Å²) in [5.41, 5.74) is 9.13. The second kappa shape index (κ2) is 14.0. The van der Waals surface area contributed by atoms with Gasteiger partial charge in [-0.15, -0.1) is 0 Å². The van der Waals surface area contributed by atoms with Crippen LogP contribution >= 0.6 is 0 Å². The largest absolute Gasteiger partial charge is 0.388 e. The number of aliphatic hydroxyl groups is 2. The van der Waals surface area contributed by atoms with Crippen molar-refractivity contribution in [1.82, 2.24) is 37.8 Å². The minimum Gasteiger partial charge on any atom is -0.388 e. The number of hydrogen-bond acceptors (Lipinski definition) is 7. The molecule has 0 aliphatic carbocycles. The van der Waals surface area contributed by atoms with Crippen LogP contribution in [0, 0.1) is 19.7 Å². The minimum atomic E-state index is -1.54. The molecule has 4 N–H and O–H groups in total. The SMILES string of the molecule is CCn1nc(C)cc1C(=O)/N=c1\n(C)c2cc(C(N)=O)ccc2n1CC(O)C(O)Cn1/c(=N/C(=O)c2cc(C)nn2CC)n(C)c2cccc(F)c21. The Bertz CT molecular complexity index is 2530. The third-order valence-corrected chi connectivity index (χ3v) is 9.02. The number of aromatic nitrogens is 8. The van der Waals surface area contributed by atoms with Crippen molar-refractivity contribution in [2.75, 3.05) is 0 Å². The fraction of sp³-hybridized carbons (Fsp3) is 0.343. The Hall–Kier alpha value is -5.94. The molecule has 272 valence electrons. The van der Waals surface area contributed by atoms with Crippen molar-refractivity contribution in [2.45, 2.75) is 66.1 Å². The molecule has 0 fully saturated rings. The lowest BCUT2D eigenvalue weighted by atomic mass is 10.1. The highest BCUT2D eigenvalue weighted by molar-refractivity contribution is 5.97. The number of para-hydroxylation sites is 1. The molecule has 2 atom stereocenters. The Morgan fingerprint density at radius 2 is 1.29 bits per heavy atom. The van der Waals surface area contributed by atoms with E-state index >= 15 is 4.39 Å². The maximum Gasteiger partial charge on any atom is 0.298 e. The van der Waals surface area contributed by atoms with Gasteiger partial charge in [0.05, 0.1) is 53.2 Å². The van der Waals surface area contributed by atoms with Crippen molar-refractivity contribution in [2.24, 2.45) is 29.8 Å². The van der Waals surface area contributed by atoms with Gasteiger partial charge in [0.1, 0.15) is 22.7 Å². The number of primary amides is 1. The van der Waals surface area contributed by atoms with Crippen LogP contribution in [0.1, 0.15) is 56.6 Å². The first kappa shape index (κ1) is 35.9. The van der Waals surface area contributed by atoms with Gasteiger partial charge < -0.3 is 34.2 Å². The van der Waals surface area contributed by atoms with Gasteiger partial charge >= 0.3 is 0 Å². The van der Waals surface area contributed by atoms with Gasteiger partial charge in [-0.2, -0.15) is 20.2 Å². The summed E-state index contributed by atoms with van der Waals surface area (Å²) in [6, 6.07) is 12.3. The number of amides is 3. The maximum absolute atomic E-state index is 15.4. The average Bonchev–Trinajstić information content (AvgIpc) is 3.83. The van der Waals surface area contributed by atoms with Crippen LogP contribution in [0.15, 0.2) is 58.5 Å². The highest BCUT2D eigenvalue weighted by Gasteiger charge is 2.25. The van der Waals surface area contributed by atoms with Crippen molar-refractivity contribution in [3.8, 4) is 0 Å². The number of nitrogens with two attached hydrogens (primary N) is 1.